The van der Waals surface area contributed by atoms with Crippen molar-refractivity contribution in [1.82, 2.24) is 4.31 Å². The van der Waals surface area contributed by atoms with Gasteiger partial charge in [-0.05, 0) is 43.6 Å². The second-order valence-electron chi connectivity index (χ2n) is 4.72. The van der Waals surface area contributed by atoms with E-state index < -0.39 is 10.0 Å². The maximum absolute atomic E-state index is 12.5. The molecule has 4 nitrogen and oxygen atoms in total. The number of rotatable bonds is 6. The molecule has 0 aromatic carbocycles. The fraction of sp³-hybridized carbons (Fsp3) is 0.692. The van der Waals surface area contributed by atoms with Crippen molar-refractivity contribution >= 4 is 21.8 Å². The quantitative estimate of drug-likeness (QED) is 0.757. The van der Waals surface area contributed by atoms with E-state index in [9.17, 15) is 8.42 Å². The number of hydrogen-bond donors (Lipinski definition) is 0. The molecular weight excluding hydrogens is 282 g/mol. The maximum Gasteiger partial charge on any atom is 0.277 e. The molecule has 1 fully saturated rings. The summed E-state index contributed by atoms with van der Waals surface area (Å²) in [6, 6.07) is 3.15. The van der Waals surface area contributed by atoms with E-state index in [0.717, 1.165) is 37.9 Å². The standard InChI is InChI=1S/C13H21NO3S2/c1-2-3-11-18-12-7-4-5-9-14(12)19(15,16)13-8-6-10-17-13/h6,8,10,12H,2-5,7,9,11H2,1H3. The van der Waals surface area contributed by atoms with Gasteiger partial charge in [0.05, 0.1) is 11.6 Å². The molecule has 0 spiro atoms. The zero-order valence-electron chi connectivity index (χ0n) is 11.2. The normalized spacial score (nSPS) is 21.6. The Morgan fingerprint density at radius 2 is 2.32 bits per heavy atom. The summed E-state index contributed by atoms with van der Waals surface area (Å²) in [5.41, 5.74) is 0. The molecule has 0 bridgehead atoms. The van der Waals surface area contributed by atoms with E-state index in [-0.39, 0.29) is 10.5 Å². The van der Waals surface area contributed by atoms with Gasteiger partial charge in [0.25, 0.3) is 10.0 Å². The smallest absolute Gasteiger partial charge is 0.277 e. The number of sulfonamides is 1. The van der Waals surface area contributed by atoms with Crippen molar-refractivity contribution in [3.8, 4) is 0 Å². The molecule has 0 aliphatic carbocycles. The third-order valence-corrected chi connectivity index (χ3v) is 6.60. The van der Waals surface area contributed by atoms with Gasteiger partial charge < -0.3 is 4.42 Å². The van der Waals surface area contributed by atoms with Gasteiger partial charge in [-0.1, -0.05) is 13.3 Å². The van der Waals surface area contributed by atoms with Crippen LogP contribution in [0.3, 0.4) is 0 Å². The van der Waals surface area contributed by atoms with Crippen LogP contribution in [0.1, 0.15) is 39.0 Å². The molecule has 6 heteroatoms. The van der Waals surface area contributed by atoms with Gasteiger partial charge in [-0.3, -0.25) is 0 Å². The Labute approximate surface area is 119 Å². The van der Waals surface area contributed by atoms with Crippen molar-refractivity contribution in [2.24, 2.45) is 0 Å². The van der Waals surface area contributed by atoms with Crippen LogP contribution in [-0.2, 0) is 10.0 Å². The van der Waals surface area contributed by atoms with Crippen molar-refractivity contribution in [3.05, 3.63) is 18.4 Å². The van der Waals surface area contributed by atoms with Crippen molar-refractivity contribution in [2.75, 3.05) is 12.3 Å². The van der Waals surface area contributed by atoms with Crippen LogP contribution in [0.25, 0.3) is 0 Å². The summed E-state index contributed by atoms with van der Waals surface area (Å²) in [6.07, 6.45) is 6.67. The molecule has 0 saturated carbocycles. The molecule has 1 atom stereocenters. The zero-order chi connectivity index (χ0) is 13.7. The Balaban J connectivity index is 2.10. The molecule has 0 radical (unpaired) electrons. The lowest BCUT2D eigenvalue weighted by atomic mass is 10.2. The second-order valence-corrected chi connectivity index (χ2v) is 7.83. The highest BCUT2D eigenvalue weighted by Gasteiger charge is 2.35. The Kier molecular flexibility index (Phi) is 5.36. The molecule has 19 heavy (non-hydrogen) atoms. The van der Waals surface area contributed by atoms with E-state index in [2.05, 4.69) is 6.92 Å². The van der Waals surface area contributed by atoms with Crippen LogP contribution in [-0.4, -0.2) is 30.4 Å². The summed E-state index contributed by atoms with van der Waals surface area (Å²) in [7, 11) is -3.46. The van der Waals surface area contributed by atoms with Crippen molar-refractivity contribution in [2.45, 2.75) is 49.5 Å². The molecule has 1 aromatic heterocycles. The molecule has 1 saturated heterocycles. The van der Waals surface area contributed by atoms with Crippen LogP contribution < -0.4 is 0 Å². The van der Waals surface area contributed by atoms with Crippen molar-refractivity contribution in [3.63, 3.8) is 0 Å². The first-order chi connectivity index (χ1) is 9.16. The lowest BCUT2D eigenvalue weighted by Crippen LogP contribution is -2.41. The summed E-state index contributed by atoms with van der Waals surface area (Å²) < 4.78 is 31.7. The molecule has 1 aliphatic rings. The van der Waals surface area contributed by atoms with E-state index in [1.165, 1.54) is 12.3 Å². The van der Waals surface area contributed by atoms with Gasteiger partial charge in [-0.15, -0.1) is 11.8 Å². The average molecular weight is 303 g/mol. The third-order valence-electron chi connectivity index (χ3n) is 3.27. The Morgan fingerprint density at radius 3 is 3.00 bits per heavy atom. The van der Waals surface area contributed by atoms with Crippen LogP contribution in [0.2, 0.25) is 0 Å². The summed E-state index contributed by atoms with van der Waals surface area (Å²) in [6.45, 7) is 2.76. The van der Waals surface area contributed by atoms with E-state index in [1.54, 1.807) is 22.1 Å². The second kappa shape index (κ2) is 6.81. The SMILES string of the molecule is CCCCSC1CCCCN1S(=O)(=O)c1ccco1. The number of furan rings is 1. The molecule has 1 aromatic rings. The predicted molar refractivity (Wildman–Crippen MR) is 77.6 cm³/mol. The van der Waals surface area contributed by atoms with Crippen molar-refractivity contribution < 1.29 is 12.8 Å². The summed E-state index contributed by atoms with van der Waals surface area (Å²) in [5.74, 6) is 1.02. The van der Waals surface area contributed by atoms with Gasteiger partial charge >= 0.3 is 0 Å². The summed E-state index contributed by atoms with van der Waals surface area (Å²) >= 11 is 1.76. The molecular formula is C13H21NO3S2. The highest BCUT2D eigenvalue weighted by molar-refractivity contribution is 8.00. The highest BCUT2D eigenvalue weighted by atomic mass is 32.2. The lowest BCUT2D eigenvalue weighted by Gasteiger charge is -2.33. The molecule has 2 heterocycles. The summed E-state index contributed by atoms with van der Waals surface area (Å²) in [4.78, 5) is 0. The minimum atomic E-state index is -3.46. The third kappa shape index (κ3) is 3.55. The maximum atomic E-state index is 12.5. The summed E-state index contributed by atoms with van der Waals surface area (Å²) in [5, 5.41) is 0.130. The minimum Gasteiger partial charge on any atom is -0.452 e. The number of nitrogens with zero attached hydrogens (tertiary/aromatic N) is 1. The first-order valence-electron chi connectivity index (χ1n) is 6.83. The number of piperidine rings is 1. The van der Waals surface area contributed by atoms with Gasteiger partial charge in [0.15, 0.2) is 0 Å². The van der Waals surface area contributed by atoms with Crippen LogP contribution in [0.15, 0.2) is 27.9 Å². The molecule has 1 unspecified atom stereocenters. The largest absolute Gasteiger partial charge is 0.452 e. The first kappa shape index (κ1) is 14.9. The van der Waals surface area contributed by atoms with Gasteiger partial charge in [-0.25, -0.2) is 8.42 Å². The van der Waals surface area contributed by atoms with E-state index in [4.69, 9.17) is 4.42 Å². The fourth-order valence-electron chi connectivity index (χ4n) is 2.21. The van der Waals surface area contributed by atoms with E-state index in [1.807, 2.05) is 0 Å². The fourth-order valence-corrected chi connectivity index (χ4v) is 5.50. The topological polar surface area (TPSA) is 50.5 Å². The lowest BCUT2D eigenvalue weighted by molar-refractivity contribution is 0.310. The number of unbranched alkanes of at least 4 members (excludes halogenated alkanes) is 1. The molecule has 0 amide bonds. The monoisotopic (exact) mass is 303 g/mol. The highest BCUT2D eigenvalue weighted by Crippen LogP contribution is 2.32. The van der Waals surface area contributed by atoms with Gasteiger partial charge in [0.1, 0.15) is 0 Å². The minimum absolute atomic E-state index is 0.0652. The van der Waals surface area contributed by atoms with Gasteiger partial charge in [0, 0.05) is 6.54 Å². The van der Waals surface area contributed by atoms with Crippen LogP contribution >= 0.6 is 11.8 Å². The Bertz CT molecular complexity index is 470. The molecule has 1 aliphatic heterocycles. The van der Waals surface area contributed by atoms with Gasteiger partial charge in [-0.2, -0.15) is 4.31 Å². The van der Waals surface area contributed by atoms with Crippen LogP contribution in [0.5, 0.6) is 0 Å². The van der Waals surface area contributed by atoms with E-state index >= 15 is 0 Å². The Morgan fingerprint density at radius 1 is 1.47 bits per heavy atom. The first-order valence-corrected chi connectivity index (χ1v) is 9.32. The average Bonchev–Trinajstić information content (AvgIpc) is 2.94. The molecule has 0 N–H and O–H groups in total. The number of thioether (sulfide) groups is 1. The van der Waals surface area contributed by atoms with Gasteiger partial charge in [0.2, 0.25) is 5.09 Å². The zero-order valence-corrected chi connectivity index (χ0v) is 12.9. The molecule has 2 rings (SSSR count). The number of hydrogen-bond acceptors (Lipinski definition) is 4. The van der Waals surface area contributed by atoms with Crippen LogP contribution in [0, 0.1) is 0 Å². The van der Waals surface area contributed by atoms with Crippen molar-refractivity contribution in [1.29, 1.82) is 0 Å². The Hall–Kier alpha value is -0.460. The molecule has 108 valence electrons. The predicted octanol–water partition coefficient (Wildman–Crippen LogP) is 3.31. The van der Waals surface area contributed by atoms with Crippen LogP contribution in [0.4, 0.5) is 0 Å². The van der Waals surface area contributed by atoms with E-state index in [0.29, 0.717) is 6.54 Å².